The molecule has 2 unspecified atom stereocenters. The monoisotopic (exact) mass is 340 g/mol. The van der Waals surface area contributed by atoms with E-state index in [1.54, 1.807) is 0 Å². The summed E-state index contributed by atoms with van der Waals surface area (Å²) in [4.78, 5) is 12.3. The number of nitrogens with one attached hydrogen (secondary N) is 2. The first-order valence-corrected chi connectivity index (χ1v) is 8.45. The number of benzene rings is 1. The maximum Gasteiger partial charge on any atom is 0.251 e. The van der Waals surface area contributed by atoms with E-state index >= 15 is 0 Å². The normalized spacial score (nSPS) is 20.4. The molecule has 130 valence electrons. The molecule has 0 aromatic heterocycles. The minimum Gasteiger partial charge on any atom is -0.494 e. The molecular weight excluding hydrogens is 312 g/mol. The standard InChI is InChI=1S/C18H28N2O2.ClH/c1-3-4-5-12-22-16-8-6-15(7-9-16)18(21)20-17-10-11-19-13-14(17)2;/h6-9,14,17,19H,3-5,10-13H2,1-2H3,(H,20,21);1H. The summed E-state index contributed by atoms with van der Waals surface area (Å²) in [6, 6.07) is 7.71. The van der Waals surface area contributed by atoms with E-state index in [2.05, 4.69) is 24.5 Å². The number of amides is 1. The van der Waals surface area contributed by atoms with Crippen LogP contribution in [0.1, 0.15) is 49.9 Å². The average Bonchev–Trinajstić information content (AvgIpc) is 2.54. The Balaban J connectivity index is 0.00000264. The topological polar surface area (TPSA) is 50.4 Å². The molecule has 2 N–H and O–H groups in total. The van der Waals surface area contributed by atoms with E-state index in [-0.39, 0.29) is 24.4 Å². The fourth-order valence-electron chi connectivity index (χ4n) is 2.72. The van der Waals surface area contributed by atoms with Gasteiger partial charge in [-0.05, 0) is 56.1 Å². The molecule has 1 amide bonds. The summed E-state index contributed by atoms with van der Waals surface area (Å²) in [5.74, 6) is 1.32. The molecule has 0 bridgehead atoms. The van der Waals surface area contributed by atoms with Crippen molar-refractivity contribution in [2.45, 2.75) is 45.6 Å². The Bertz CT molecular complexity index is 465. The van der Waals surface area contributed by atoms with Crippen LogP contribution in [0.3, 0.4) is 0 Å². The highest BCUT2D eigenvalue weighted by molar-refractivity contribution is 5.94. The van der Waals surface area contributed by atoms with E-state index in [0.29, 0.717) is 11.5 Å². The molecule has 1 aliphatic rings. The van der Waals surface area contributed by atoms with Gasteiger partial charge >= 0.3 is 0 Å². The predicted octanol–water partition coefficient (Wildman–Crippen LogP) is 3.41. The number of hydrogen-bond acceptors (Lipinski definition) is 3. The highest BCUT2D eigenvalue weighted by Gasteiger charge is 2.22. The number of piperidine rings is 1. The molecule has 0 aliphatic carbocycles. The van der Waals surface area contributed by atoms with Gasteiger partial charge in [0.05, 0.1) is 6.61 Å². The van der Waals surface area contributed by atoms with E-state index in [9.17, 15) is 4.79 Å². The first-order chi connectivity index (χ1) is 10.7. The molecule has 0 radical (unpaired) electrons. The lowest BCUT2D eigenvalue weighted by Crippen LogP contribution is -2.48. The van der Waals surface area contributed by atoms with Crippen LogP contribution in [0, 0.1) is 5.92 Å². The minimum atomic E-state index is 0. The van der Waals surface area contributed by atoms with Crippen molar-refractivity contribution in [3.05, 3.63) is 29.8 Å². The number of rotatable bonds is 7. The molecule has 1 aromatic rings. The van der Waals surface area contributed by atoms with Crippen molar-refractivity contribution >= 4 is 18.3 Å². The highest BCUT2D eigenvalue weighted by Crippen LogP contribution is 2.15. The largest absolute Gasteiger partial charge is 0.494 e. The Morgan fingerprint density at radius 1 is 1.30 bits per heavy atom. The van der Waals surface area contributed by atoms with E-state index in [1.165, 1.54) is 12.8 Å². The molecule has 23 heavy (non-hydrogen) atoms. The number of unbranched alkanes of at least 4 members (excludes halogenated alkanes) is 2. The first kappa shape index (κ1) is 19.8. The zero-order chi connectivity index (χ0) is 15.8. The molecule has 0 spiro atoms. The second-order valence-electron chi connectivity index (χ2n) is 6.13. The Kier molecular flexibility index (Phi) is 9.03. The summed E-state index contributed by atoms with van der Waals surface area (Å²) in [6.45, 7) is 7.03. The van der Waals surface area contributed by atoms with Crippen LogP contribution in [0.15, 0.2) is 24.3 Å². The number of ether oxygens (including phenoxy) is 1. The van der Waals surface area contributed by atoms with Gasteiger partial charge in [0.1, 0.15) is 5.75 Å². The quantitative estimate of drug-likeness (QED) is 0.748. The van der Waals surface area contributed by atoms with Crippen molar-refractivity contribution in [3.63, 3.8) is 0 Å². The second kappa shape index (κ2) is 10.5. The molecular formula is C18H29ClN2O2. The Morgan fingerprint density at radius 3 is 2.70 bits per heavy atom. The van der Waals surface area contributed by atoms with E-state index in [4.69, 9.17) is 4.74 Å². The number of hydrogen-bond donors (Lipinski definition) is 2. The lowest BCUT2D eigenvalue weighted by Gasteiger charge is -2.30. The van der Waals surface area contributed by atoms with Crippen LogP contribution >= 0.6 is 12.4 Å². The van der Waals surface area contributed by atoms with Crippen molar-refractivity contribution < 1.29 is 9.53 Å². The average molecular weight is 341 g/mol. The van der Waals surface area contributed by atoms with Crippen LogP contribution in [0.5, 0.6) is 5.75 Å². The van der Waals surface area contributed by atoms with E-state index in [1.807, 2.05) is 24.3 Å². The third-order valence-electron chi connectivity index (χ3n) is 4.23. The summed E-state index contributed by atoms with van der Waals surface area (Å²) >= 11 is 0. The highest BCUT2D eigenvalue weighted by atomic mass is 35.5. The first-order valence-electron chi connectivity index (χ1n) is 8.45. The maximum atomic E-state index is 12.3. The molecule has 4 nitrogen and oxygen atoms in total. The molecule has 2 atom stereocenters. The molecule has 5 heteroatoms. The van der Waals surface area contributed by atoms with Crippen LogP contribution in [0.25, 0.3) is 0 Å². The number of halogens is 1. The van der Waals surface area contributed by atoms with Gasteiger partial charge in [-0.3, -0.25) is 4.79 Å². The van der Waals surface area contributed by atoms with Crippen molar-refractivity contribution in [2.75, 3.05) is 19.7 Å². The third-order valence-corrected chi connectivity index (χ3v) is 4.23. The van der Waals surface area contributed by atoms with Gasteiger partial charge in [-0.25, -0.2) is 0 Å². The van der Waals surface area contributed by atoms with Gasteiger partial charge < -0.3 is 15.4 Å². The van der Waals surface area contributed by atoms with Crippen LogP contribution in [0.2, 0.25) is 0 Å². The lowest BCUT2D eigenvalue weighted by molar-refractivity contribution is 0.0914. The van der Waals surface area contributed by atoms with Gasteiger partial charge in [-0.1, -0.05) is 26.7 Å². The Hall–Kier alpha value is -1.26. The van der Waals surface area contributed by atoms with Gasteiger partial charge in [0.2, 0.25) is 0 Å². The smallest absolute Gasteiger partial charge is 0.251 e. The molecule has 1 aromatic carbocycles. The van der Waals surface area contributed by atoms with Crippen molar-refractivity contribution in [3.8, 4) is 5.75 Å². The zero-order valence-corrected chi connectivity index (χ0v) is 15.0. The summed E-state index contributed by atoms with van der Waals surface area (Å²) in [6.07, 6.45) is 4.45. The summed E-state index contributed by atoms with van der Waals surface area (Å²) in [5, 5.41) is 6.49. The maximum absolute atomic E-state index is 12.3. The van der Waals surface area contributed by atoms with E-state index in [0.717, 1.165) is 38.3 Å². The lowest BCUT2D eigenvalue weighted by atomic mass is 9.95. The fraction of sp³-hybridized carbons (Fsp3) is 0.611. The van der Waals surface area contributed by atoms with Gasteiger partial charge in [0.25, 0.3) is 5.91 Å². The van der Waals surface area contributed by atoms with Crippen molar-refractivity contribution in [1.82, 2.24) is 10.6 Å². The summed E-state index contributed by atoms with van der Waals surface area (Å²) < 4.78 is 5.67. The fourth-order valence-corrected chi connectivity index (χ4v) is 2.72. The zero-order valence-electron chi connectivity index (χ0n) is 14.1. The van der Waals surface area contributed by atoms with E-state index < -0.39 is 0 Å². The molecule has 1 aliphatic heterocycles. The molecule has 1 heterocycles. The number of carbonyl (C=O) groups excluding carboxylic acids is 1. The predicted molar refractivity (Wildman–Crippen MR) is 96.6 cm³/mol. The molecule has 2 rings (SSSR count). The number of carbonyl (C=O) groups is 1. The van der Waals surface area contributed by atoms with Crippen LogP contribution in [-0.2, 0) is 0 Å². The van der Waals surface area contributed by atoms with Crippen molar-refractivity contribution in [2.24, 2.45) is 5.92 Å². The second-order valence-corrected chi connectivity index (χ2v) is 6.13. The van der Waals surface area contributed by atoms with Crippen LogP contribution in [0.4, 0.5) is 0 Å². The minimum absolute atomic E-state index is 0. The van der Waals surface area contributed by atoms with Crippen LogP contribution in [-0.4, -0.2) is 31.6 Å². The van der Waals surface area contributed by atoms with Gasteiger partial charge in [0, 0.05) is 11.6 Å². The molecule has 1 saturated heterocycles. The summed E-state index contributed by atoms with van der Waals surface area (Å²) in [7, 11) is 0. The Labute approximate surface area is 145 Å². The van der Waals surface area contributed by atoms with Crippen LogP contribution < -0.4 is 15.4 Å². The molecule has 1 fully saturated rings. The van der Waals surface area contributed by atoms with Gasteiger partial charge in [-0.2, -0.15) is 0 Å². The third kappa shape index (κ3) is 6.40. The molecule has 0 saturated carbocycles. The summed E-state index contributed by atoms with van der Waals surface area (Å²) in [5.41, 5.74) is 0.701. The SMILES string of the molecule is CCCCCOc1ccc(C(=O)NC2CCNCC2C)cc1.Cl. The van der Waals surface area contributed by atoms with Gasteiger partial charge in [-0.15, -0.1) is 12.4 Å². The Morgan fingerprint density at radius 2 is 2.04 bits per heavy atom. The van der Waals surface area contributed by atoms with Gasteiger partial charge in [0.15, 0.2) is 0 Å². The van der Waals surface area contributed by atoms with Crippen molar-refractivity contribution in [1.29, 1.82) is 0 Å².